The number of hydrazine groups is 1. The van der Waals surface area contributed by atoms with Crippen molar-refractivity contribution in [3.05, 3.63) is 18.5 Å². The number of nitrogens with zero attached hydrogens (tertiary/aromatic N) is 2. The first-order valence-electron chi connectivity index (χ1n) is 5.26. The van der Waals surface area contributed by atoms with E-state index in [4.69, 9.17) is 5.84 Å². The van der Waals surface area contributed by atoms with Crippen LogP contribution in [0.2, 0.25) is 0 Å². The van der Waals surface area contributed by atoms with E-state index >= 15 is 0 Å². The van der Waals surface area contributed by atoms with Crippen LogP contribution in [-0.2, 0) is 10.0 Å². The minimum atomic E-state index is -3.55. The van der Waals surface area contributed by atoms with Crippen molar-refractivity contribution in [3.63, 3.8) is 0 Å². The van der Waals surface area contributed by atoms with Crippen LogP contribution in [0.5, 0.6) is 0 Å². The molecule has 0 atom stereocenters. The van der Waals surface area contributed by atoms with Crippen molar-refractivity contribution in [2.75, 3.05) is 19.0 Å². The quantitative estimate of drug-likeness (QED) is 0.598. The second-order valence-corrected chi connectivity index (χ2v) is 6.21. The Bertz CT molecular complexity index is 473. The van der Waals surface area contributed by atoms with E-state index in [1.54, 1.807) is 7.05 Å². The van der Waals surface area contributed by atoms with Crippen molar-refractivity contribution >= 4 is 15.7 Å². The minimum absolute atomic E-state index is 0.0886. The van der Waals surface area contributed by atoms with Crippen molar-refractivity contribution in [1.29, 1.82) is 0 Å². The number of anilines is 1. The van der Waals surface area contributed by atoms with Crippen molar-refractivity contribution < 1.29 is 8.42 Å². The molecular formula is C10H18N4O2S. The zero-order valence-corrected chi connectivity index (χ0v) is 11.0. The Kier molecular flexibility index (Phi) is 4.44. The lowest BCUT2D eigenvalue weighted by atomic mass is 10.2. The summed E-state index contributed by atoms with van der Waals surface area (Å²) in [6, 6.07) is 1.52. The molecular weight excluding hydrogens is 240 g/mol. The monoisotopic (exact) mass is 258 g/mol. The Morgan fingerprint density at radius 3 is 2.71 bits per heavy atom. The third-order valence-corrected chi connectivity index (χ3v) is 4.10. The molecule has 0 aliphatic heterocycles. The standard InChI is InChI=1S/C10H18N4O2S/c1-8(2)7-14(3)17(15,16)10-6-12-5-4-9(10)13-11/h4-6,8H,7,11H2,1-3H3,(H,12,13). The molecule has 0 aliphatic carbocycles. The predicted octanol–water partition coefficient (Wildman–Crippen LogP) is 0.644. The number of nitrogens with two attached hydrogens (primary N) is 1. The van der Waals surface area contributed by atoms with Crippen molar-refractivity contribution in [3.8, 4) is 0 Å². The molecule has 0 amide bonds. The first-order valence-corrected chi connectivity index (χ1v) is 6.70. The lowest BCUT2D eigenvalue weighted by Gasteiger charge is -2.20. The molecule has 0 bridgehead atoms. The topological polar surface area (TPSA) is 88.3 Å². The number of rotatable bonds is 5. The van der Waals surface area contributed by atoms with E-state index < -0.39 is 10.0 Å². The molecule has 1 heterocycles. The van der Waals surface area contributed by atoms with Crippen molar-refractivity contribution in [2.24, 2.45) is 11.8 Å². The van der Waals surface area contributed by atoms with Crippen molar-refractivity contribution in [1.82, 2.24) is 9.29 Å². The molecule has 3 N–H and O–H groups in total. The van der Waals surface area contributed by atoms with Gasteiger partial charge in [-0.1, -0.05) is 13.8 Å². The molecule has 6 nitrogen and oxygen atoms in total. The highest BCUT2D eigenvalue weighted by molar-refractivity contribution is 7.89. The zero-order chi connectivity index (χ0) is 13.1. The van der Waals surface area contributed by atoms with Crippen LogP contribution >= 0.6 is 0 Å². The Balaban J connectivity index is 3.13. The highest BCUT2D eigenvalue weighted by Crippen LogP contribution is 2.22. The average Bonchev–Trinajstić information content (AvgIpc) is 2.28. The van der Waals surface area contributed by atoms with Gasteiger partial charge in [0.05, 0.1) is 5.69 Å². The van der Waals surface area contributed by atoms with Crippen LogP contribution in [0.15, 0.2) is 23.4 Å². The Morgan fingerprint density at radius 2 is 2.18 bits per heavy atom. The summed E-state index contributed by atoms with van der Waals surface area (Å²) in [5.74, 6) is 5.54. The molecule has 0 aromatic carbocycles. The van der Waals surface area contributed by atoms with Crippen LogP contribution in [0.4, 0.5) is 5.69 Å². The van der Waals surface area contributed by atoms with E-state index in [2.05, 4.69) is 10.4 Å². The van der Waals surface area contributed by atoms with Crippen LogP contribution in [-0.4, -0.2) is 31.3 Å². The summed E-state index contributed by atoms with van der Waals surface area (Å²) in [5, 5.41) is 0. The first-order chi connectivity index (χ1) is 7.89. The maximum Gasteiger partial charge on any atom is 0.246 e. The number of hydrogen-bond donors (Lipinski definition) is 2. The number of hydrogen-bond acceptors (Lipinski definition) is 5. The number of sulfonamides is 1. The molecule has 7 heteroatoms. The molecule has 0 fully saturated rings. The van der Waals surface area contributed by atoms with Gasteiger partial charge < -0.3 is 5.43 Å². The van der Waals surface area contributed by atoms with Gasteiger partial charge in [0.15, 0.2) is 0 Å². The minimum Gasteiger partial charge on any atom is -0.323 e. The highest BCUT2D eigenvalue weighted by Gasteiger charge is 2.24. The predicted molar refractivity (Wildman–Crippen MR) is 66.7 cm³/mol. The van der Waals surface area contributed by atoms with Gasteiger partial charge >= 0.3 is 0 Å². The van der Waals surface area contributed by atoms with Crippen LogP contribution in [0.3, 0.4) is 0 Å². The molecule has 17 heavy (non-hydrogen) atoms. The smallest absolute Gasteiger partial charge is 0.246 e. The molecule has 1 aromatic heterocycles. The van der Waals surface area contributed by atoms with E-state index in [0.717, 1.165) is 0 Å². The van der Waals surface area contributed by atoms with Crippen LogP contribution in [0, 0.1) is 5.92 Å². The van der Waals surface area contributed by atoms with Gasteiger partial charge in [0, 0.05) is 26.0 Å². The summed E-state index contributed by atoms with van der Waals surface area (Å²) in [4.78, 5) is 3.91. The van der Waals surface area contributed by atoms with Crippen LogP contribution in [0.25, 0.3) is 0 Å². The number of nitrogen functional groups attached to an aromatic ring is 1. The number of pyridine rings is 1. The first kappa shape index (κ1) is 13.9. The van der Waals surface area contributed by atoms with Crippen molar-refractivity contribution in [2.45, 2.75) is 18.7 Å². The summed E-state index contributed by atoms with van der Waals surface area (Å²) in [5.41, 5.74) is 2.71. The fraction of sp³-hybridized carbons (Fsp3) is 0.500. The maximum atomic E-state index is 12.2. The Hall–Kier alpha value is -1.18. The maximum absolute atomic E-state index is 12.2. The second-order valence-electron chi connectivity index (χ2n) is 4.20. The third kappa shape index (κ3) is 3.15. The molecule has 0 saturated carbocycles. The summed E-state index contributed by atoms with van der Waals surface area (Å²) < 4.78 is 25.8. The Labute approximate surface area is 102 Å². The van der Waals surface area contributed by atoms with E-state index in [1.165, 1.54) is 22.8 Å². The van der Waals surface area contributed by atoms with Gasteiger partial charge in [-0.25, -0.2) is 12.7 Å². The largest absolute Gasteiger partial charge is 0.323 e. The number of nitrogens with one attached hydrogen (secondary N) is 1. The highest BCUT2D eigenvalue weighted by atomic mass is 32.2. The van der Waals surface area contributed by atoms with E-state index in [0.29, 0.717) is 12.2 Å². The fourth-order valence-electron chi connectivity index (χ4n) is 1.49. The summed E-state index contributed by atoms with van der Waals surface area (Å²) in [7, 11) is -2.00. The van der Waals surface area contributed by atoms with Crippen LogP contribution in [0.1, 0.15) is 13.8 Å². The van der Waals surface area contributed by atoms with E-state index in [1.807, 2.05) is 13.8 Å². The van der Waals surface area contributed by atoms with Gasteiger partial charge in [0.1, 0.15) is 4.90 Å². The Morgan fingerprint density at radius 1 is 1.53 bits per heavy atom. The van der Waals surface area contributed by atoms with Gasteiger partial charge in [0.25, 0.3) is 0 Å². The molecule has 0 spiro atoms. The SMILES string of the molecule is CC(C)CN(C)S(=O)(=O)c1cnccc1NN. The summed E-state index contributed by atoms with van der Waals surface area (Å²) >= 11 is 0. The third-order valence-electron chi connectivity index (χ3n) is 2.25. The lowest BCUT2D eigenvalue weighted by Crippen LogP contribution is -2.31. The summed E-state index contributed by atoms with van der Waals surface area (Å²) in [6.07, 6.45) is 2.78. The zero-order valence-electron chi connectivity index (χ0n) is 10.2. The molecule has 0 aliphatic rings. The molecule has 0 saturated heterocycles. The normalized spacial score (nSPS) is 12.1. The molecule has 0 unspecified atom stereocenters. The van der Waals surface area contributed by atoms with Gasteiger partial charge in [0.2, 0.25) is 10.0 Å². The molecule has 0 radical (unpaired) electrons. The van der Waals surface area contributed by atoms with Crippen LogP contribution < -0.4 is 11.3 Å². The summed E-state index contributed by atoms with van der Waals surface area (Å²) in [6.45, 7) is 4.36. The lowest BCUT2D eigenvalue weighted by molar-refractivity contribution is 0.417. The fourth-order valence-corrected chi connectivity index (χ4v) is 2.91. The van der Waals surface area contributed by atoms with Gasteiger partial charge in [-0.05, 0) is 12.0 Å². The van der Waals surface area contributed by atoms with Gasteiger partial charge in [-0.3, -0.25) is 10.8 Å². The molecule has 1 aromatic rings. The van der Waals surface area contributed by atoms with Gasteiger partial charge in [-0.2, -0.15) is 0 Å². The van der Waals surface area contributed by atoms with E-state index in [9.17, 15) is 8.42 Å². The second kappa shape index (κ2) is 5.44. The average molecular weight is 258 g/mol. The molecule has 1 rings (SSSR count). The molecule has 96 valence electrons. The number of aromatic nitrogens is 1. The van der Waals surface area contributed by atoms with E-state index in [-0.39, 0.29) is 10.8 Å². The van der Waals surface area contributed by atoms with Gasteiger partial charge in [-0.15, -0.1) is 0 Å².